The van der Waals surface area contributed by atoms with Crippen LogP contribution in [0, 0.1) is 12.8 Å². The van der Waals surface area contributed by atoms with E-state index in [0.717, 1.165) is 91.7 Å². The van der Waals surface area contributed by atoms with E-state index < -0.39 is 11.9 Å². The van der Waals surface area contributed by atoms with Crippen molar-refractivity contribution in [2.75, 3.05) is 44.6 Å². The number of benzene rings is 2. The summed E-state index contributed by atoms with van der Waals surface area (Å²) in [5.41, 5.74) is 7.98. The molecule has 3 aliphatic rings. The Morgan fingerprint density at radius 1 is 0.900 bits per heavy atom. The van der Waals surface area contributed by atoms with Gasteiger partial charge in [0, 0.05) is 77.6 Å². The van der Waals surface area contributed by atoms with Crippen molar-refractivity contribution in [1.29, 1.82) is 0 Å². The first-order valence-corrected chi connectivity index (χ1v) is 20.9. The van der Waals surface area contributed by atoms with Crippen LogP contribution in [0.25, 0.3) is 33.3 Å². The average Bonchev–Trinajstić information content (AvgIpc) is 3.85. The number of amides is 3. The molecule has 3 aliphatic heterocycles. The molecule has 312 valence electrons. The Hall–Kier alpha value is -6.13. The predicted octanol–water partition coefficient (Wildman–Crippen LogP) is 4.19. The minimum atomic E-state index is -0.702. The van der Waals surface area contributed by atoms with Gasteiger partial charge >= 0.3 is 5.69 Å². The van der Waals surface area contributed by atoms with E-state index in [0.29, 0.717) is 54.3 Å². The van der Waals surface area contributed by atoms with Crippen molar-refractivity contribution in [2.24, 2.45) is 20.0 Å². The van der Waals surface area contributed by atoms with Gasteiger partial charge in [-0.1, -0.05) is 25.1 Å². The van der Waals surface area contributed by atoms with Crippen LogP contribution in [-0.2, 0) is 43.2 Å². The molecule has 2 fully saturated rings. The second-order valence-electron chi connectivity index (χ2n) is 16.6. The summed E-state index contributed by atoms with van der Waals surface area (Å²) < 4.78 is 13.3. The quantitative estimate of drug-likeness (QED) is 0.233. The molecule has 2 saturated heterocycles. The topological polar surface area (TPSA) is 166 Å². The van der Waals surface area contributed by atoms with Gasteiger partial charge in [-0.05, 0) is 80.0 Å². The molecule has 0 spiro atoms. The monoisotopic (exact) mass is 813 g/mol. The van der Waals surface area contributed by atoms with Crippen LogP contribution in [0.4, 0.5) is 5.95 Å². The Morgan fingerprint density at radius 3 is 2.53 bits per heavy atom. The summed E-state index contributed by atoms with van der Waals surface area (Å²) >= 11 is 0. The smallest absolute Gasteiger partial charge is 0.329 e. The number of hydrogen-bond donors (Lipinski definition) is 2. The van der Waals surface area contributed by atoms with Crippen LogP contribution in [0.2, 0.25) is 0 Å². The van der Waals surface area contributed by atoms with Gasteiger partial charge in [-0.3, -0.25) is 44.0 Å². The Balaban J connectivity index is 0.884. The second-order valence-corrected chi connectivity index (χ2v) is 16.6. The van der Waals surface area contributed by atoms with Crippen LogP contribution in [-0.4, -0.2) is 100 Å². The number of para-hydroxylation sites is 1. The number of fused-ring (bicyclic) bond motifs is 8. The van der Waals surface area contributed by atoms with Crippen molar-refractivity contribution in [3.63, 3.8) is 0 Å². The lowest BCUT2D eigenvalue weighted by molar-refractivity contribution is -0.135. The molecule has 2 atom stereocenters. The van der Waals surface area contributed by atoms with Gasteiger partial charge in [0.2, 0.25) is 23.6 Å². The number of hydrogen-bond acceptors (Lipinski definition) is 10. The van der Waals surface area contributed by atoms with E-state index in [2.05, 4.69) is 61.3 Å². The van der Waals surface area contributed by atoms with Gasteiger partial charge in [-0.25, -0.2) is 14.5 Å². The Kier molecular flexibility index (Phi) is 10.6. The summed E-state index contributed by atoms with van der Waals surface area (Å²) in [7, 11) is 3.60. The number of rotatable bonds is 6. The first-order valence-electron chi connectivity index (χ1n) is 20.9. The SMILES string of the molecule is Cc1cc2cc(n1)-c1cnn(C)c1OCCC[C@@H](C)Cn1c(nc3ccc(CN4CCN(CCc5cccc6c5n(C)c(=O)n6C5CCC(=O)NC5=O)CC4)cc31)NC2=O. The van der Waals surface area contributed by atoms with Crippen molar-refractivity contribution in [1.82, 2.24) is 48.6 Å². The highest BCUT2D eigenvalue weighted by molar-refractivity contribution is 6.05. The number of piperazine rings is 1. The minimum absolute atomic E-state index is 0.212. The molecule has 60 heavy (non-hydrogen) atoms. The third-order valence-electron chi connectivity index (χ3n) is 12.3. The highest BCUT2D eigenvalue weighted by atomic mass is 16.5. The van der Waals surface area contributed by atoms with E-state index in [4.69, 9.17) is 14.7 Å². The lowest BCUT2D eigenvalue weighted by Gasteiger charge is -2.34. The molecule has 2 bridgehead atoms. The van der Waals surface area contributed by atoms with Crippen molar-refractivity contribution < 1.29 is 19.1 Å². The molecular weight excluding hydrogens is 763 g/mol. The third-order valence-corrected chi connectivity index (χ3v) is 12.3. The fourth-order valence-electron chi connectivity index (χ4n) is 9.09. The summed E-state index contributed by atoms with van der Waals surface area (Å²) in [6.45, 7) is 10.6. The molecule has 1 unspecified atom stereocenters. The number of anilines is 1. The normalized spacial score (nSPS) is 19.6. The molecule has 16 heteroatoms. The zero-order valence-corrected chi connectivity index (χ0v) is 34.6. The van der Waals surface area contributed by atoms with Crippen LogP contribution in [0.3, 0.4) is 0 Å². The zero-order chi connectivity index (χ0) is 41.7. The molecule has 0 radical (unpaired) electrons. The number of imidazole rings is 2. The van der Waals surface area contributed by atoms with Crippen LogP contribution in [0.5, 0.6) is 5.88 Å². The van der Waals surface area contributed by atoms with Gasteiger partial charge in [0.15, 0.2) is 0 Å². The number of imide groups is 1. The van der Waals surface area contributed by atoms with Crippen molar-refractivity contribution >= 4 is 45.7 Å². The summed E-state index contributed by atoms with van der Waals surface area (Å²) in [5.74, 6) is 0.479. The Bertz CT molecular complexity index is 2700. The number of piperidine rings is 1. The number of ether oxygens (including phenoxy) is 1. The number of carbonyl (C=O) groups is 3. The molecule has 2 N–H and O–H groups in total. The summed E-state index contributed by atoms with van der Waals surface area (Å²) in [4.78, 5) is 66.4. The molecule has 6 aromatic rings. The predicted molar refractivity (Wildman–Crippen MR) is 227 cm³/mol. The molecule has 9 rings (SSSR count). The fraction of sp³-hybridized carbons (Fsp3) is 0.432. The molecular formula is C44H51N11O5. The largest absolute Gasteiger partial charge is 0.477 e. The van der Waals surface area contributed by atoms with E-state index in [1.807, 2.05) is 26.1 Å². The molecule has 0 aliphatic carbocycles. The zero-order valence-electron chi connectivity index (χ0n) is 34.6. The van der Waals surface area contributed by atoms with Gasteiger partial charge in [-0.15, -0.1) is 0 Å². The first-order chi connectivity index (χ1) is 29.0. The van der Waals surface area contributed by atoms with Gasteiger partial charge in [0.05, 0.1) is 46.1 Å². The summed E-state index contributed by atoms with van der Waals surface area (Å²) in [6, 6.07) is 15.2. The van der Waals surface area contributed by atoms with Crippen LogP contribution in [0.15, 0.2) is 59.5 Å². The molecule has 3 amide bonds. The lowest BCUT2D eigenvalue weighted by Crippen LogP contribution is -2.46. The van der Waals surface area contributed by atoms with E-state index in [9.17, 15) is 19.2 Å². The first kappa shape index (κ1) is 39.3. The maximum atomic E-state index is 13.9. The Labute approximate surface area is 347 Å². The molecule has 4 aromatic heterocycles. The summed E-state index contributed by atoms with van der Waals surface area (Å²) in [6.07, 6.45) is 4.81. The maximum absolute atomic E-state index is 13.9. The van der Waals surface area contributed by atoms with Crippen molar-refractivity contribution in [3.05, 3.63) is 87.6 Å². The number of nitrogens with zero attached hydrogens (tertiary/aromatic N) is 9. The number of aromatic nitrogens is 7. The maximum Gasteiger partial charge on any atom is 0.329 e. The lowest BCUT2D eigenvalue weighted by atomic mass is 10.0. The minimum Gasteiger partial charge on any atom is -0.477 e. The van der Waals surface area contributed by atoms with E-state index in [1.165, 1.54) is 5.56 Å². The standard InChI is InChI=1S/C44H51N11O5/c1-27-7-6-20-60-42-32(24-45-51(42)4)34-23-31(21-28(2)46-34)40(57)49-43-47-33-11-10-29(22-37(33)54(43)25-27)26-53-18-16-52(17-19-53)15-14-30-8-5-9-35-39(30)50(3)44(59)55(35)36-12-13-38(56)48-41(36)58/h5,8-11,21-24,27,36H,6-7,12-20,25-26H2,1-4H3,(H,47,49,57)(H,48,56,58)/t27-,36?/m1/s1. The van der Waals surface area contributed by atoms with E-state index >= 15 is 0 Å². The number of pyridine rings is 1. The van der Waals surface area contributed by atoms with Gasteiger partial charge in [0.25, 0.3) is 5.91 Å². The van der Waals surface area contributed by atoms with E-state index in [1.54, 1.807) is 39.2 Å². The molecule has 0 saturated carbocycles. The molecule has 2 aromatic carbocycles. The average molecular weight is 814 g/mol. The second kappa shape index (κ2) is 16.1. The van der Waals surface area contributed by atoms with Gasteiger partial charge in [0.1, 0.15) is 6.04 Å². The Morgan fingerprint density at radius 2 is 1.72 bits per heavy atom. The van der Waals surface area contributed by atoms with Crippen molar-refractivity contribution in [3.8, 4) is 17.1 Å². The number of carbonyl (C=O) groups excluding carboxylic acids is 3. The summed E-state index contributed by atoms with van der Waals surface area (Å²) in [5, 5.41) is 9.95. The van der Waals surface area contributed by atoms with Crippen LogP contribution < -0.4 is 21.1 Å². The number of aryl methyl sites for hydroxylation is 3. The number of nitrogens with one attached hydrogen (secondary N) is 2. The molecule has 16 nitrogen and oxygen atoms in total. The fourth-order valence-corrected chi connectivity index (χ4v) is 9.09. The van der Waals surface area contributed by atoms with Gasteiger partial charge in [-0.2, -0.15) is 5.10 Å². The van der Waals surface area contributed by atoms with Crippen LogP contribution in [0.1, 0.15) is 65.8 Å². The highest BCUT2D eigenvalue weighted by Crippen LogP contribution is 2.31. The third kappa shape index (κ3) is 7.60. The van der Waals surface area contributed by atoms with Crippen LogP contribution >= 0.6 is 0 Å². The van der Waals surface area contributed by atoms with Crippen molar-refractivity contribution in [2.45, 2.75) is 65.1 Å². The van der Waals surface area contributed by atoms with E-state index in [-0.39, 0.29) is 23.9 Å². The van der Waals surface area contributed by atoms with Gasteiger partial charge < -0.3 is 14.2 Å². The molecule has 7 heterocycles. The highest BCUT2D eigenvalue weighted by Gasteiger charge is 2.32.